The maximum Gasteiger partial charge on any atom is 0.320 e. The number of carboxylic acid groups (broad SMARTS) is 2. The van der Waals surface area contributed by atoms with Gasteiger partial charge in [0.2, 0.25) is 0 Å². The molecule has 1 aromatic rings. The Morgan fingerprint density at radius 1 is 1.47 bits per heavy atom. The van der Waals surface area contributed by atoms with Crippen molar-refractivity contribution in [3.05, 3.63) is 18.2 Å². The molecule has 98 valence electrons. The zero-order valence-electron chi connectivity index (χ0n) is 8.87. The van der Waals surface area contributed by atoms with Crippen molar-refractivity contribution in [3.8, 4) is 0 Å². The fourth-order valence-electron chi connectivity index (χ4n) is 0.721. The van der Waals surface area contributed by atoms with Crippen LogP contribution in [0.3, 0.4) is 0 Å². The number of hydrogen-bond donors (Lipinski definition) is 5. The second-order valence-electron chi connectivity index (χ2n) is 2.82. The molecule has 7 N–H and O–H groups in total. The number of imidazole rings is 1. The van der Waals surface area contributed by atoms with Crippen LogP contribution in [-0.4, -0.2) is 44.7 Å². The number of nitrogens with zero attached hydrogens (tertiary/aromatic N) is 1. The third kappa shape index (κ3) is 9.30. The predicted molar refractivity (Wildman–Crippen MR) is 61.8 cm³/mol. The predicted octanol–water partition coefficient (Wildman–Crippen LogP) is -1.18. The van der Waals surface area contributed by atoms with E-state index in [-0.39, 0.29) is 25.4 Å². The summed E-state index contributed by atoms with van der Waals surface area (Å²) in [6.45, 7) is -0.278. The summed E-state index contributed by atoms with van der Waals surface area (Å²) >= 11 is 0. The number of aliphatic carboxylic acids is 2. The molecule has 0 fully saturated rings. The molecule has 0 radical (unpaired) electrons. The minimum absolute atomic E-state index is 0. The molecule has 0 aromatic carbocycles. The first-order valence-corrected chi connectivity index (χ1v) is 4.34. The summed E-state index contributed by atoms with van der Waals surface area (Å²) in [5.74, 6) is -1.97. The number of rotatable bonds is 4. The Kier molecular flexibility index (Phi) is 10.00. The van der Waals surface area contributed by atoms with Gasteiger partial charge in [0.05, 0.1) is 12.9 Å². The maximum atomic E-state index is 10.3. The Morgan fingerprint density at radius 3 is 2.29 bits per heavy atom. The van der Waals surface area contributed by atoms with Crippen LogP contribution in [0, 0.1) is 0 Å². The highest BCUT2D eigenvalue weighted by Crippen LogP contribution is 1.95. The first-order chi connectivity index (χ1) is 7.47. The van der Waals surface area contributed by atoms with Crippen LogP contribution in [0.1, 0.15) is 5.69 Å². The van der Waals surface area contributed by atoms with Crippen molar-refractivity contribution < 1.29 is 19.8 Å². The number of carboxylic acids is 2. The zero-order valence-corrected chi connectivity index (χ0v) is 9.68. The van der Waals surface area contributed by atoms with Gasteiger partial charge >= 0.3 is 11.9 Å². The third-order valence-electron chi connectivity index (χ3n) is 1.49. The molecule has 1 aromatic heterocycles. The van der Waals surface area contributed by atoms with Crippen LogP contribution >= 0.6 is 12.4 Å². The molecule has 1 rings (SSSR count). The lowest BCUT2D eigenvalue weighted by Gasteiger charge is -2.02. The molecule has 1 atom stereocenters. The lowest BCUT2D eigenvalue weighted by atomic mass is 10.2. The molecule has 0 aliphatic rings. The standard InChI is InChI=1S/C6H9N3O2.C2H5NO2.ClH/c7-5(6(10)11)1-4-2-8-3-9-4;3-1-2(4)5;/h2-3,5H,1,7H2,(H,8,9)(H,10,11);1,3H2,(H,4,5);1H/t5-;;/m0../s1. The quantitative estimate of drug-likeness (QED) is 0.459. The van der Waals surface area contributed by atoms with Crippen LogP contribution in [0.4, 0.5) is 0 Å². The first kappa shape index (κ1) is 17.7. The van der Waals surface area contributed by atoms with Crippen molar-refractivity contribution in [2.75, 3.05) is 6.54 Å². The van der Waals surface area contributed by atoms with E-state index >= 15 is 0 Å². The van der Waals surface area contributed by atoms with E-state index in [0.29, 0.717) is 0 Å². The van der Waals surface area contributed by atoms with Gasteiger partial charge in [0, 0.05) is 18.3 Å². The number of H-pyrrole nitrogens is 1. The molecule has 0 aliphatic heterocycles. The van der Waals surface area contributed by atoms with Gasteiger partial charge in [-0.05, 0) is 0 Å². The monoisotopic (exact) mass is 266 g/mol. The maximum absolute atomic E-state index is 10.3. The minimum atomic E-state index is -1.00. The topological polar surface area (TPSA) is 155 Å². The van der Waals surface area contributed by atoms with Crippen LogP contribution in [0.5, 0.6) is 0 Å². The molecule has 0 unspecified atom stereocenters. The Labute approximate surface area is 103 Å². The molecule has 0 saturated carbocycles. The van der Waals surface area contributed by atoms with Crippen molar-refractivity contribution in [2.45, 2.75) is 12.5 Å². The summed E-state index contributed by atoms with van der Waals surface area (Å²) < 4.78 is 0. The molecular weight excluding hydrogens is 252 g/mol. The number of aromatic nitrogens is 2. The van der Waals surface area contributed by atoms with Crippen LogP contribution in [0.15, 0.2) is 12.5 Å². The normalized spacial score (nSPS) is 10.5. The van der Waals surface area contributed by atoms with Crippen molar-refractivity contribution in [1.29, 1.82) is 0 Å². The van der Waals surface area contributed by atoms with Gasteiger partial charge in [0.1, 0.15) is 6.04 Å². The molecule has 17 heavy (non-hydrogen) atoms. The molecule has 9 heteroatoms. The van der Waals surface area contributed by atoms with Gasteiger partial charge in [0.15, 0.2) is 0 Å². The van der Waals surface area contributed by atoms with E-state index in [2.05, 4.69) is 15.7 Å². The van der Waals surface area contributed by atoms with Gasteiger partial charge in [-0.1, -0.05) is 0 Å². The summed E-state index contributed by atoms with van der Waals surface area (Å²) in [6.07, 6.45) is 3.34. The van der Waals surface area contributed by atoms with Crippen molar-refractivity contribution >= 4 is 24.3 Å². The van der Waals surface area contributed by atoms with Gasteiger partial charge in [-0.15, -0.1) is 12.4 Å². The number of hydrogen-bond acceptors (Lipinski definition) is 5. The average Bonchev–Trinajstić information content (AvgIpc) is 2.71. The lowest BCUT2D eigenvalue weighted by Crippen LogP contribution is -2.32. The van der Waals surface area contributed by atoms with Gasteiger partial charge in [-0.25, -0.2) is 4.98 Å². The summed E-state index contributed by atoms with van der Waals surface area (Å²) in [4.78, 5) is 26.0. The molecule has 0 spiro atoms. The minimum Gasteiger partial charge on any atom is -0.480 e. The Morgan fingerprint density at radius 2 is 2.00 bits per heavy atom. The largest absolute Gasteiger partial charge is 0.480 e. The van der Waals surface area contributed by atoms with E-state index in [1.54, 1.807) is 6.20 Å². The van der Waals surface area contributed by atoms with Crippen LogP contribution in [0.25, 0.3) is 0 Å². The highest BCUT2D eigenvalue weighted by atomic mass is 35.5. The lowest BCUT2D eigenvalue weighted by molar-refractivity contribution is -0.138. The smallest absolute Gasteiger partial charge is 0.320 e. The molecule has 1 heterocycles. The van der Waals surface area contributed by atoms with Gasteiger partial charge < -0.3 is 26.7 Å². The number of nitrogens with one attached hydrogen (secondary N) is 1. The van der Waals surface area contributed by atoms with E-state index in [0.717, 1.165) is 5.69 Å². The molecule has 0 aliphatic carbocycles. The summed E-state index contributed by atoms with van der Waals surface area (Å²) in [5.41, 5.74) is 10.6. The molecule has 8 nitrogen and oxygen atoms in total. The number of carbonyl (C=O) groups is 2. The first-order valence-electron chi connectivity index (χ1n) is 4.34. The Hall–Kier alpha value is -1.64. The van der Waals surface area contributed by atoms with E-state index < -0.39 is 18.0 Å². The van der Waals surface area contributed by atoms with E-state index in [9.17, 15) is 9.59 Å². The average molecular weight is 267 g/mol. The fourth-order valence-corrected chi connectivity index (χ4v) is 0.721. The van der Waals surface area contributed by atoms with E-state index in [1.807, 2.05) is 0 Å². The van der Waals surface area contributed by atoms with Crippen LogP contribution < -0.4 is 11.5 Å². The molecular formula is C8H15ClN4O4. The molecule has 0 bridgehead atoms. The second-order valence-corrected chi connectivity index (χ2v) is 2.82. The fraction of sp³-hybridized carbons (Fsp3) is 0.375. The van der Waals surface area contributed by atoms with Crippen molar-refractivity contribution in [3.63, 3.8) is 0 Å². The SMILES string of the molecule is Cl.NCC(=O)O.N[C@@H](Cc1cnc[nH]1)C(=O)O. The zero-order chi connectivity index (χ0) is 12.6. The highest BCUT2D eigenvalue weighted by molar-refractivity contribution is 5.85. The summed E-state index contributed by atoms with van der Waals surface area (Å²) in [5, 5.41) is 16.0. The van der Waals surface area contributed by atoms with Crippen molar-refractivity contribution in [2.24, 2.45) is 11.5 Å². The molecule has 0 amide bonds. The van der Waals surface area contributed by atoms with Crippen molar-refractivity contribution in [1.82, 2.24) is 9.97 Å². The second kappa shape index (κ2) is 9.58. The number of nitrogens with two attached hydrogens (primary N) is 2. The van der Waals surface area contributed by atoms with E-state index in [4.69, 9.17) is 15.9 Å². The third-order valence-corrected chi connectivity index (χ3v) is 1.49. The summed E-state index contributed by atoms with van der Waals surface area (Å²) in [7, 11) is 0. The highest BCUT2D eigenvalue weighted by Gasteiger charge is 2.11. The number of aromatic amines is 1. The van der Waals surface area contributed by atoms with Crippen LogP contribution in [0.2, 0.25) is 0 Å². The Balaban J connectivity index is 0. The van der Waals surface area contributed by atoms with Gasteiger partial charge in [0.25, 0.3) is 0 Å². The van der Waals surface area contributed by atoms with Gasteiger partial charge in [-0.2, -0.15) is 0 Å². The van der Waals surface area contributed by atoms with Crippen LogP contribution in [-0.2, 0) is 16.0 Å². The summed E-state index contributed by atoms with van der Waals surface area (Å²) in [6, 6.07) is -0.851. The van der Waals surface area contributed by atoms with E-state index in [1.165, 1.54) is 6.33 Å². The van der Waals surface area contributed by atoms with Gasteiger partial charge in [-0.3, -0.25) is 9.59 Å². The molecule has 0 saturated heterocycles. The number of halogens is 1. The Bertz CT molecular complexity index is 330.